The van der Waals surface area contributed by atoms with Crippen LogP contribution in [0.15, 0.2) is 6.07 Å². The Balaban J connectivity index is 1.52. The summed E-state index contributed by atoms with van der Waals surface area (Å²) in [7, 11) is 0. The number of fused-ring (bicyclic) bond motifs is 1. The third-order valence-corrected chi connectivity index (χ3v) is 7.23. The zero-order valence-electron chi connectivity index (χ0n) is 20.5. The molecule has 0 bridgehead atoms. The Kier molecular flexibility index (Phi) is 11.3. The summed E-state index contributed by atoms with van der Waals surface area (Å²) in [5.41, 5.74) is 5.57. The summed E-state index contributed by atoms with van der Waals surface area (Å²) in [6, 6.07) is 2.32. The highest BCUT2D eigenvalue weighted by Gasteiger charge is 2.32. The SMILES string of the molecule is Cc1cc(C)c2c(c1C)OC(C)(CCCCCCCCCCCCCCCO)CC2. The van der Waals surface area contributed by atoms with Crippen molar-refractivity contribution in [2.24, 2.45) is 0 Å². The lowest BCUT2D eigenvalue weighted by Gasteiger charge is -2.38. The summed E-state index contributed by atoms with van der Waals surface area (Å²) >= 11 is 0. The standard InChI is InChI=1S/C28H48O2/c1-23-22-24(2)26-18-20-28(4,30-27(26)25(23)3)19-16-14-12-10-8-6-5-7-9-11-13-15-17-21-29/h22,29H,5-21H2,1-4H3. The van der Waals surface area contributed by atoms with Crippen LogP contribution < -0.4 is 4.74 Å². The highest BCUT2D eigenvalue weighted by Crippen LogP contribution is 2.40. The van der Waals surface area contributed by atoms with Gasteiger partial charge in [0.2, 0.25) is 0 Å². The van der Waals surface area contributed by atoms with E-state index in [9.17, 15) is 0 Å². The van der Waals surface area contributed by atoms with Crippen molar-refractivity contribution < 1.29 is 9.84 Å². The minimum Gasteiger partial charge on any atom is -0.487 e. The molecule has 0 aliphatic carbocycles. The maximum Gasteiger partial charge on any atom is 0.126 e. The van der Waals surface area contributed by atoms with Gasteiger partial charge in [0.05, 0.1) is 0 Å². The summed E-state index contributed by atoms with van der Waals surface area (Å²) in [4.78, 5) is 0. The zero-order valence-corrected chi connectivity index (χ0v) is 20.5. The van der Waals surface area contributed by atoms with Crippen LogP contribution in [0.5, 0.6) is 5.75 Å². The lowest BCUT2D eigenvalue weighted by atomic mass is 9.85. The van der Waals surface area contributed by atoms with Gasteiger partial charge in [-0.2, -0.15) is 0 Å². The molecule has 30 heavy (non-hydrogen) atoms. The van der Waals surface area contributed by atoms with Gasteiger partial charge in [-0.25, -0.2) is 0 Å². The first-order chi connectivity index (χ1) is 14.5. The number of rotatable bonds is 15. The molecular formula is C28H48O2. The smallest absolute Gasteiger partial charge is 0.126 e. The topological polar surface area (TPSA) is 29.5 Å². The number of unbranched alkanes of at least 4 members (excludes halogenated alkanes) is 12. The normalized spacial score (nSPS) is 18.3. The molecule has 2 rings (SSSR count). The fourth-order valence-corrected chi connectivity index (χ4v) is 4.97. The number of aliphatic hydroxyl groups is 1. The van der Waals surface area contributed by atoms with Crippen LogP contribution in [0, 0.1) is 20.8 Å². The lowest BCUT2D eigenvalue weighted by molar-refractivity contribution is 0.0523. The van der Waals surface area contributed by atoms with E-state index in [2.05, 4.69) is 33.8 Å². The molecule has 0 fully saturated rings. The summed E-state index contributed by atoms with van der Waals surface area (Å²) < 4.78 is 6.61. The van der Waals surface area contributed by atoms with E-state index in [-0.39, 0.29) is 5.60 Å². The number of hydrogen-bond acceptors (Lipinski definition) is 2. The van der Waals surface area contributed by atoms with Crippen LogP contribution in [0.3, 0.4) is 0 Å². The second-order valence-electron chi connectivity index (χ2n) is 10.1. The van der Waals surface area contributed by atoms with Crippen molar-refractivity contribution in [3.8, 4) is 5.75 Å². The Hall–Kier alpha value is -1.02. The molecule has 1 N–H and O–H groups in total. The third kappa shape index (κ3) is 8.25. The van der Waals surface area contributed by atoms with Gasteiger partial charge in [0.1, 0.15) is 11.4 Å². The van der Waals surface area contributed by atoms with E-state index in [0.717, 1.165) is 12.8 Å². The molecule has 1 atom stereocenters. The molecule has 172 valence electrons. The van der Waals surface area contributed by atoms with E-state index in [4.69, 9.17) is 9.84 Å². The largest absolute Gasteiger partial charge is 0.487 e. The van der Waals surface area contributed by atoms with E-state index < -0.39 is 0 Å². The molecule has 1 aromatic rings. The van der Waals surface area contributed by atoms with Crippen LogP contribution in [-0.2, 0) is 6.42 Å². The molecule has 0 saturated carbocycles. The van der Waals surface area contributed by atoms with Crippen molar-refractivity contribution in [1.29, 1.82) is 0 Å². The number of benzene rings is 1. The van der Waals surface area contributed by atoms with Crippen LogP contribution in [0.4, 0.5) is 0 Å². The molecule has 1 unspecified atom stereocenters. The first kappa shape index (κ1) is 25.2. The van der Waals surface area contributed by atoms with Gasteiger partial charge in [-0.05, 0) is 82.1 Å². The molecule has 0 radical (unpaired) electrons. The van der Waals surface area contributed by atoms with Gasteiger partial charge in [-0.1, -0.05) is 76.7 Å². The zero-order chi connectivity index (χ0) is 21.8. The number of aliphatic hydroxyl groups excluding tert-OH is 1. The first-order valence-corrected chi connectivity index (χ1v) is 12.9. The summed E-state index contributed by atoms with van der Waals surface area (Å²) in [6.45, 7) is 9.35. The third-order valence-electron chi connectivity index (χ3n) is 7.23. The fraction of sp³-hybridized carbons (Fsp3) is 0.786. The maximum absolute atomic E-state index is 8.78. The van der Waals surface area contributed by atoms with Gasteiger partial charge in [-0.3, -0.25) is 0 Å². The van der Waals surface area contributed by atoms with E-state index in [1.54, 1.807) is 0 Å². The lowest BCUT2D eigenvalue weighted by Crippen LogP contribution is -2.37. The van der Waals surface area contributed by atoms with Crippen molar-refractivity contribution >= 4 is 0 Å². The molecule has 2 heteroatoms. The van der Waals surface area contributed by atoms with Gasteiger partial charge in [-0.15, -0.1) is 0 Å². The predicted octanol–water partition coefficient (Wildman–Crippen LogP) is 8.15. The average molecular weight is 417 g/mol. The first-order valence-electron chi connectivity index (χ1n) is 12.9. The summed E-state index contributed by atoms with van der Waals surface area (Å²) in [5, 5.41) is 8.78. The average Bonchev–Trinajstić information content (AvgIpc) is 2.72. The number of hydrogen-bond donors (Lipinski definition) is 1. The van der Waals surface area contributed by atoms with Gasteiger partial charge in [0.25, 0.3) is 0 Å². The molecule has 0 amide bonds. The van der Waals surface area contributed by atoms with Crippen LogP contribution >= 0.6 is 0 Å². The molecule has 1 aliphatic rings. The Morgan fingerprint density at radius 2 is 1.27 bits per heavy atom. The monoisotopic (exact) mass is 416 g/mol. The van der Waals surface area contributed by atoms with Gasteiger partial charge >= 0.3 is 0 Å². The molecule has 0 aromatic heterocycles. The number of ether oxygens (including phenoxy) is 1. The Morgan fingerprint density at radius 3 is 1.80 bits per heavy atom. The second kappa shape index (κ2) is 13.4. The Bertz CT molecular complexity index is 622. The maximum atomic E-state index is 8.78. The fourth-order valence-electron chi connectivity index (χ4n) is 4.97. The van der Waals surface area contributed by atoms with Gasteiger partial charge in [0.15, 0.2) is 0 Å². The quantitative estimate of drug-likeness (QED) is 0.292. The molecule has 1 aromatic carbocycles. The predicted molar refractivity (Wildman–Crippen MR) is 130 cm³/mol. The van der Waals surface area contributed by atoms with Crippen molar-refractivity contribution in [3.63, 3.8) is 0 Å². The van der Waals surface area contributed by atoms with Crippen LogP contribution in [0.1, 0.15) is 125 Å². The highest BCUT2D eigenvalue weighted by atomic mass is 16.5. The molecule has 0 saturated heterocycles. The van der Waals surface area contributed by atoms with Crippen molar-refractivity contribution in [3.05, 3.63) is 28.3 Å². The molecule has 1 heterocycles. The molecule has 2 nitrogen and oxygen atoms in total. The van der Waals surface area contributed by atoms with E-state index in [1.807, 2.05) is 0 Å². The van der Waals surface area contributed by atoms with Gasteiger partial charge in [0, 0.05) is 6.61 Å². The highest BCUT2D eigenvalue weighted by molar-refractivity contribution is 5.51. The van der Waals surface area contributed by atoms with Crippen molar-refractivity contribution in [1.82, 2.24) is 0 Å². The Labute approximate surface area is 186 Å². The van der Waals surface area contributed by atoms with Crippen molar-refractivity contribution in [2.45, 2.75) is 136 Å². The van der Waals surface area contributed by atoms with Crippen LogP contribution in [-0.4, -0.2) is 17.3 Å². The van der Waals surface area contributed by atoms with E-state index >= 15 is 0 Å². The van der Waals surface area contributed by atoms with E-state index in [1.165, 1.54) is 118 Å². The second-order valence-corrected chi connectivity index (χ2v) is 10.1. The van der Waals surface area contributed by atoms with Crippen molar-refractivity contribution in [2.75, 3.05) is 6.61 Å². The Morgan fingerprint density at radius 1 is 0.767 bits per heavy atom. The minimum absolute atomic E-state index is 0.0230. The van der Waals surface area contributed by atoms with E-state index in [0.29, 0.717) is 6.61 Å². The van der Waals surface area contributed by atoms with Crippen LogP contribution in [0.2, 0.25) is 0 Å². The molecule has 1 aliphatic heterocycles. The number of aryl methyl sites for hydroxylation is 2. The van der Waals surface area contributed by atoms with Gasteiger partial charge < -0.3 is 9.84 Å². The molecular weight excluding hydrogens is 368 g/mol. The van der Waals surface area contributed by atoms with Crippen LogP contribution in [0.25, 0.3) is 0 Å². The summed E-state index contributed by atoms with van der Waals surface area (Å²) in [6.07, 6.45) is 20.8. The summed E-state index contributed by atoms with van der Waals surface area (Å²) in [5.74, 6) is 1.19. The molecule has 0 spiro atoms. The minimum atomic E-state index is 0.0230.